The van der Waals surface area contributed by atoms with Crippen LogP contribution in [-0.4, -0.2) is 38.4 Å². The molecule has 0 saturated heterocycles. The van der Waals surface area contributed by atoms with Crippen LogP contribution < -0.4 is 0 Å². The van der Waals surface area contributed by atoms with Crippen molar-refractivity contribution in [3.8, 4) is 0 Å². The molecule has 4 saturated carbocycles. The monoisotopic (exact) mass is 488 g/mol. The molecule has 0 aromatic carbocycles. The van der Waals surface area contributed by atoms with Gasteiger partial charge in [-0.2, -0.15) is 0 Å². The number of allylic oxidation sites excluding steroid dienone is 2. The average molecular weight is 489 g/mol. The highest BCUT2D eigenvalue weighted by Gasteiger charge is 2.64. The number of carbonyl (C=O) groups excluding carboxylic acids is 2. The summed E-state index contributed by atoms with van der Waals surface area (Å²) in [4.78, 5) is 26.1. The van der Waals surface area contributed by atoms with Crippen molar-refractivity contribution in [2.75, 3.05) is 20.5 Å². The van der Waals surface area contributed by atoms with E-state index in [0.29, 0.717) is 55.2 Å². The molecule has 4 fully saturated rings. The zero-order valence-electron chi connectivity index (χ0n) is 22.9. The largest absolute Gasteiger partial charge is 0.466 e. The molecular weight excluding hydrogens is 440 g/mol. The Bertz CT molecular complexity index is 820. The van der Waals surface area contributed by atoms with E-state index in [2.05, 4.69) is 33.8 Å². The van der Waals surface area contributed by atoms with Gasteiger partial charge in [-0.15, -0.1) is 0 Å². The number of methoxy groups -OCH3 is 1. The van der Waals surface area contributed by atoms with Crippen molar-refractivity contribution in [3.63, 3.8) is 0 Å². The Labute approximate surface area is 212 Å². The van der Waals surface area contributed by atoms with E-state index in [1.165, 1.54) is 12.8 Å². The lowest BCUT2D eigenvalue weighted by Gasteiger charge is -2.61. The van der Waals surface area contributed by atoms with Gasteiger partial charge in [-0.25, -0.2) is 0 Å². The summed E-state index contributed by atoms with van der Waals surface area (Å²) in [5.74, 6) is 2.78. The molecule has 4 aliphatic rings. The van der Waals surface area contributed by atoms with Crippen LogP contribution in [-0.2, 0) is 23.8 Å². The first-order valence-electron chi connectivity index (χ1n) is 14.2. The van der Waals surface area contributed by atoms with Crippen LogP contribution in [0, 0.1) is 46.3 Å². The van der Waals surface area contributed by atoms with Crippen LogP contribution in [0.3, 0.4) is 0 Å². The fourth-order valence-corrected chi connectivity index (χ4v) is 9.25. The van der Waals surface area contributed by atoms with E-state index in [0.717, 1.165) is 44.1 Å². The highest BCUT2D eigenvalue weighted by atomic mass is 16.7. The van der Waals surface area contributed by atoms with Gasteiger partial charge >= 0.3 is 5.97 Å². The van der Waals surface area contributed by atoms with E-state index in [4.69, 9.17) is 14.2 Å². The first kappa shape index (κ1) is 26.9. The Balaban J connectivity index is 1.54. The van der Waals surface area contributed by atoms with Gasteiger partial charge in [0.25, 0.3) is 0 Å². The number of carbonyl (C=O) groups is 2. The number of hydrogen-bond donors (Lipinski definition) is 0. The van der Waals surface area contributed by atoms with Crippen molar-refractivity contribution in [1.29, 1.82) is 0 Å². The first-order valence-corrected chi connectivity index (χ1v) is 14.2. The highest BCUT2D eigenvalue weighted by molar-refractivity contribution is 5.99. The van der Waals surface area contributed by atoms with Crippen LogP contribution in [0.1, 0.15) is 92.4 Å². The predicted molar refractivity (Wildman–Crippen MR) is 137 cm³/mol. The van der Waals surface area contributed by atoms with Crippen molar-refractivity contribution in [1.82, 2.24) is 0 Å². The molecule has 5 heteroatoms. The summed E-state index contributed by atoms with van der Waals surface area (Å²) in [6.07, 6.45) is 11.5. The Hall–Kier alpha value is -1.20. The van der Waals surface area contributed by atoms with Crippen LogP contribution in [0.15, 0.2) is 11.6 Å². The number of Topliss-reactive ketones (excluding diaryl/α,β-unsaturated/α-hetero) is 1. The lowest BCUT2D eigenvalue weighted by Crippen LogP contribution is -2.58. The molecule has 198 valence electrons. The second kappa shape index (κ2) is 10.7. The first-order chi connectivity index (χ1) is 16.7. The molecule has 0 aliphatic heterocycles. The van der Waals surface area contributed by atoms with Crippen LogP contribution in [0.5, 0.6) is 0 Å². The second-order valence-electron chi connectivity index (χ2n) is 12.4. The van der Waals surface area contributed by atoms with Crippen molar-refractivity contribution in [2.45, 2.75) is 98.5 Å². The van der Waals surface area contributed by atoms with E-state index < -0.39 is 0 Å². The third kappa shape index (κ3) is 4.65. The minimum atomic E-state index is -0.0769. The summed E-state index contributed by atoms with van der Waals surface area (Å²) in [7, 11) is 1.67. The maximum atomic E-state index is 14.2. The summed E-state index contributed by atoms with van der Waals surface area (Å²) in [6.45, 7) is 12.0. The van der Waals surface area contributed by atoms with Crippen LogP contribution >= 0.6 is 0 Å². The average Bonchev–Trinajstić information content (AvgIpc) is 3.19. The molecule has 0 aromatic heterocycles. The molecule has 0 radical (unpaired) electrons. The van der Waals surface area contributed by atoms with Gasteiger partial charge in [0, 0.05) is 19.4 Å². The van der Waals surface area contributed by atoms with E-state index in [9.17, 15) is 9.59 Å². The Morgan fingerprint density at radius 3 is 2.51 bits per heavy atom. The Kier molecular flexibility index (Phi) is 8.17. The Morgan fingerprint density at radius 2 is 1.83 bits per heavy atom. The van der Waals surface area contributed by atoms with Gasteiger partial charge in [0.15, 0.2) is 5.78 Å². The maximum Gasteiger partial charge on any atom is 0.305 e. The fourth-order valence-electron chi connectivity index (χ4n) is 9.25. The Morgan fingerprint density at radius 1 is 1.11 bits per heavy atom. The van der Waals surface area contributed by atoms with Gasteiger partial charge in [-0.05, 0) is 111 Å². The maximum absolute atomic E-state index is 14.2. The summed E-state index contributed by atoms with van der Waals surface area (Å²) >= 11 is 0. The van der Waals surface area contributed by atoms with Gasteiger partial charge in [-0.3, -0.25) is 9.59 Å². The number of ketones is 1. The van der Waals surface area contributed by atoms with Gasteiger partial charge in [-0.1, -0.05) is 26.8 Å². The smallest absolute Gasteiger partial charge is 0.305 e. The van der Waals surface area contributed by atoms with Gasteiger partial charge in [0.2, 0.25) is 0 Å². The number of esters is 1. The number of fused-ring (bicyclic) bond motifs is 5. The minimum Gasteiger partial charge on any atom is -0.466 e. The van der Waals surface area contributed by atoms with E-state index in [1.54, 1.807) is 7.11 Å². The quantitative estimate of drug-likeness (QED) is 0.226. The molecule has 5 nitrogen and oxygen atoms in total. The molecule has 9 atom stereocenters. The predicted octanol–water partition coefficient (Wildman–Crippen LogP) is 6.35. The number of rotatable bonds is 8. The number of hydrogen-bond acceptors (Lipinski definition) is 5. The molecule has 0 amide bonds. The molecule has 35 heavy (non-hydrogen) atoms. The number of ether oxygens (including phenoxy) is 3. The molecule has 0 spiro atoms. The van der Waals surface area contributed by atoms with Crippen LogP contribution in [0.2, 0.25) is 0 Å². The van der Waals surface area contributed by atoms with Crippen molar-refractivity contribution < 1.29 is 23.8 Å². The lowest BCUT2D eigenvalue weighted by atomic mass is 9.43. The topological polar surface area (TPSA) is 61.8 Å². The molecule has 0 N–H and O–H groups in total. The van der Waals surface area contributed by atoms with Crippen LogP contribution in [0.25, 0.3) is 0 Å². The van der Waals surface area contributed by atoms with Gasteiger partial charge in [0.1, 0.15) is 6.79 Å². The van der Waals surface area contributed by atoms with Gasteiger partial charge in [0.05, 0.1) is 12.7 Å². The van der Waals surface area contributed by atoms with E-state index in [-0.39, 0.29) is 28.8 Å². The lowest BCUT2D eigenvalue weighted by molar-refractivity contribution is -0.157. The second-order valence-corrected chi connectivity index (χ2v) is 12.4. The summed E-state index contributed by atoms with van der Waals surface area (Å²) in [6, 6.07) is 0. The minimum absolute atomic E-state index is 0.0769. The van der Waals surface area contributed by atoms with Crippen LogP contribution in [0.4, 0.5) is 0 Å². The van der Waals surface area contributed by atoms with E-state index in [1.807, 2.05) is 6.92 Å². The third-order valence-corrected chi connectivity index (χ3v) is 11.0. The standard InChI is InChI=1S/C30H48O5/c1-7-21-25-17-20(35-18-33-6)13-15-30(25,5)24-14-16-29(4)22(10-11-23(29)27(24)28(21)32)19(3)9-12-26(31)34-8-2/h7,19-20,22-25,27H,8-18H2,1-6H3/b21-7-/t19-,20-,22?,23?,24?,25?,27?,29-,30-/m1/s1. The third-order valence-electron chi connectivity index (χ3n) is 11.0. The molecular formula is C30H48O5. The molecule has 4 aliphatic carbocycles. The molecule has 4 rings (SSSR count). The van der Waals surface area contributed by atoms with Crippen molar-refractivity contribution in [3.05, 3.63) is 11.6 Å². The molecule has 0 bridgehead atoms. The zero-order valence-corrected chi connectivity index (χ0v) is 22.9. The highest BCUT2D eigenvalue weighted by Crippen LogP contribution is 2.68. The molecule has 0 aromatic rings. The van der Waals surface area contributed by atoms with Gasteiger partial charge < -0.3 is 14.2 Å². The fraction of sp³-hybridized carbons (Fsp3) is 0.867. The molecule has 0 heterocycles. The van der Waals surface area contributed by atoms with E-state index >= 15 is 0 Å². The summed E-state index contributed by atoms with van der Waals surface area (Å²) in [5.41, 5.74) is 1.43. The summed E-state index contributed by atoms with van der Waals surface area (Å²) in [5, 5.41) is 0. The normalized spacial score (nSPS) is 42.8. The van der Waals surface area contributed by atoms with Crippen molar-refractivity contribution >= 4 is 11.8 Å². The van der Waals surface area contributed by atoms with Crippen molar-refractivity contribution in [2.24, 2.45) is 46.3 Å². The summed E-state index contributed by atoms with van der Waals surface area (Å²) < 4.78 is 16.3. The SMILES string of the molecule is C/C=C1\C(=O)C2C(CC[C@@]3(C)C2CCC3[C@H](C)CCC(=O)OCC)[C@@]2(C)CC[C@@H](OCOC)CC12. The zero-order chi connectivity index (χ0) is 25.4. The molecule has 5 unspecified atom stereocenters.